The van der Waals surface area contributed by atoms with Gasteiger partial charge in [0.05, 0.1) is 6.07 Å². The van der Waals surface area contributed by atoms with Gasteiger partial charge in [-0.3, -0.25) is 0 Å². The van der Waals surface area contributed by atoms with Crippen molar-refractivity contribution in [2.24, 2.45) is 11.3 Å². The summed E-state index contributed by atoms with van der Waals surface area (Å²) in [5, 5.41) is 13.4. The van der Waals surface area contributed by atoms with Gasteiger partial charge < -0.3 is 5.32 Å². The van der Waals surface area contributed by atoms with Crippen LogP contribution in [0.2, 0.25) is 0 Å². The molecule has 0 aromatic heterocycles. The maximum Gasteiger partial charge on any atom is 0.128 e. The fraction of sp³-hybridized carbons (Fsp3) is 0.588. The van der Waals surface area contributed by atoms with Crippen molar-refractivity contribution in [1.29, 1.82) is 5.26 Å². The number of hydrogen-bond donors (Lipinski definition) is 1. The highest BCUT2D eigenvalue weighted by atomic mass is 79.9. The van der Waals surface area contributed by atoms with Crippen LogP contribution in [0.25, 0.3) is 0 Å². The third-order valence-electron chi connectivity index (χ3n) is 4.37. The molecule has 2 unspecified atom stereocenters. The molecule has 1 aliphatic carbocycles. The summed E-state index contributed by atoms with van der Waals surface area (Å²) >= 11 is 3.45. The van der Waals surface area contributed by atoms with E-state index in [0.717, 1.165) is 29.4 Å². The number of rotatable bonds is 2. The van der Waals surface area contributed by atoms with E-state index in [4.69, 9.17) is 0 Å². The zero-order chi connectivity index (χ0) is 14.8. The SMILES string of the molecule is CC(C)(C)C1CCCCC1(C#N)Nc1ccc(Br)cc1. The molecule has 1 fully saturated rings. The number of nitriles is 1. The minimum Gasteiger partial charge on any atom is -0.367 e. The van der Waals surface area contributed by atoms with E-state index >= 15 is 0 Å². The van der Waals surface area contributed by atoms with E-state index in [2.05, 4.69) is 48.1 Å². The first-order valence-electron chi connectivity index (χ1n) is 7.32. The normalized spacial score (nSPS) is 26.9. The lowest BCUT2D eigenvalue weighted by Crippen LogP contribution is -2.51. The molecule has 0 aliphatic heterocycles. The molecule has 2 atom stereocenters. The summed E-state index contributed by atoms with van der Waals surface area (Å²) in [6.45, 7) is 6.75. The second-order valence-corrected chi connectivity index (χ2v) is 7.80. The van der Waals surface area contributed by atoms with Gasteiger partial charge in [-0.1, -0.05) is 49.5 Å². The van der Waals surface area contributed by atoms with Gasteiger partial charge in [-0.25, -0.2) is 0 Å². The summed E-state index contributed by atoms with van der Waals surface area (Å²) in [5.41, 5.74) is 0.731. The number of halogens is 1. The highest BCUT2D eigenvalue weighted by molar-refractivity contribution is 9.10. The number of hydrogen-bond acceptors (Lipinski definition) is 2. The van der Waals surface area contributed by atoms with Crippen molar-refractivity contribution in [3.05, 3.63) is 28.7 Å². The highest BCUT2D eigenvalue weighted by Crippen LogP contribution is 2.45. The summed E-state index contributed by atoms with van der Waals surface area (Å²) in [4.78, 5) is 0. The molecule has 1 aromatic carbocycles. The van der Waals surface area contributed by atoms with Crippen LogP contribution in [0.1, 0.15) is 46.5 Å². The van der Waals surface area contributed by atoms with Crippen LogP contribution in [0, 0.1) is 22.7 Å². The van der Waals surface area contributed by atoms with Crippen LogP contribution in [0.5, 0.6) is 0 Å². The molecule has 1 saturated carbocycles. The van der Waals surface area contributed by atoms with Crippen LogP contribution >= 0.6 is 15.9 Å². The molecule has 20 heavy (non-hydrogen) atoms. The van der Waals surface area contributed by atoms with Gasteiger partial charge >= 0.3 is 0 Å². The summed E-state index contributed by atoms with van der Waals surface area (Å²) in [6, 6.07) is 10.7. The van der Waals surface area contributed by atoms with Crippen molar-refractivity contribution in [2.45, 2.75) is 52.0 Å². The topological polar surface area (TPSA) is 35.8 Å². The first-order chi connectivity index (χ1) is 9.37. The predicted molar refractivity (Wildman–Crippen MR) is 87.5 cm³/mol. The van der Waals surface area contributed by atoms with E-state index in [-0.39, 0.29) is 5.41 Å². The predicted octanol–water partition coefficient (Wildman–Crippen LogP) is 5.36. The second kappa shape index (κ2) is 5.77. The summed E-state index contributed by atoms with van der Waals surface area (Å²) in [7, 11) is 0. The minimum atomic E-state index is -0.440. The Morgan fingerprint density at radius 1 is 1.25 bits per heavy atom. The molecule has 2 nitrogen and oxygen atoms in total. The molecule has 1 N–H and O–H groups in total. The third-order valence-corrected chi connectivity index (χ3v) is 4.89. The van der Waals surface area contributed by atoms with E-state index in [0.29, 0.717) is 5.92 Å². The third kappa shape index (κ3) is 3.17. The average Bonchev–Trinajstić information content (AvgIpc) is 2.41. The van der Waals surface area contributed by atoms with E-state index in [1.807, 2.05) is 24.3 Å². The van der Waals surface area contributed by atoms with Gasteiger partial charge in [0.25, 0.3) is 0 Å². The zero-order valence-electron chi connectivity index (χ0n) is 12.5. The van der Waals surface area contributed by atoms with Gasteiger partial charge in [0.2, 0.25) is 0 Å². The van der Waals surface area contributed by atoms with Gasteiger partial charge in [0, 0.05) is 16.1 Å². The van der Waals surface area contributed by atoms with Crippen molar-refractivity contribution in [1.82, 2.24) is 0 Å². The molecular weight excluding hydrogens is 312 g/mol. The highest BCUT2D eigenvalue weighted by Gasteiger charge is 2.46. The minimum absolute atomic E-state index is 0.137. The number of nitrogens with zero attached hydrogens (tertiary/aromatic N) is 1. The molecule has 1 aromatic rings. The van der Waals surface area contributed by atoms with Crippen LogP contribution in [-0.4, -0.2) is 5.54 Å². The van der Waals surface area contributed by atoms with Crippen LogP contribution in [0.4, 0.5) is 5.69 Å². The Kier molecular flexibility index (Phi) is 4.44. The largest absolute Gasteiger partial charge is 0.367 e. The van der Waals surface area contributed by atoms with Gasteiger partial charge in [-0.05, 0) is 42.5 Å². The Morgan fingerprint density at radius 3 is 2.45 bits per heavy atom. The quantitative estimate of drug-likeness (QED) is 0.790. The molecule has 3 heteroatoms. The lowest BCUT2D eigenvalue weighted by Gasteiger charge is -2.46. The van der Waals surface area contributed by atoms with E-state index in [1.165, 1.54) is 6.42 Å². The van der Waals surface area contributed by atoms with E-state index in [9.17, 15) is 5.26 Å². The van der Waals surface area contributed by atoms with Crippen molar-refractivity contribution in [3.8, 4) is 6.07 Å². The maximum atomic E-state index is 9.87. The monoisotopic (exact) mass is 334 g/mol. The summed E-state index contributed by atoms with van der Waals surface area (Å²) < 4.78 is 1.06. The molecule has 0 radical (unpaired) electrons. The van der Waals surface area contributed by atoms with Gasteiger partial charge in [0.15, 0.2) is 0 Å². The smallest absolute Gasteiger partial charge is 0.128 e. The number of anilines is 1. The Balaban J connectivity index is 2.31. The van der Waals surface area contributed by atoms with Gasteiger partial charge in [0.1, 0.15) is 5.54 Å². The second-order valence-electron chi connectivity index (χ2n) is 6.88. The molecule has 1 aliphatic rings. The molecule has 108 valence electrons. The number of benzene rings is 1. The van der Waals surface area contributed by atoms with Crippen molar-refractivity contribution in [3.63, 3.8) is 0 Å². The van der Waals surface area contributed by atoms with E-state index in [1.54, 1.807) is 0 Å². The van der Waals surface area contributed by atoms with Crippen LogP contribution in [0.3, 0.4) is 0 Å². The molecule has 2 rings (SSSR count). The molecular formula is C17H23BrN2. The van der Waals surface area contributed by atoms with Crippen molar-refractivity contribution >= 4 is 21.6 Å². The van der Waals surface area contributed by atoms with Crippen LogP contribution in [-0.2, 0) is 0 Å². The maximum absolute atomic E-state index is 9.87. The molecule has 0 amide bonds. The zero-order valence-corrected chi connectivity index (χ0v) is 14.1. The lowest BCUT2D eigenvalue weighted by molar-refractivity contribution is 0.127. The van der Waals surface area contributed by atoms with E-state index < -0.39 is 5.54 Å². The Labute approximate surface area is 130 Å². The average molecular weight is 335 g/mol. The standard InChI is InChI=1S/C17H23BrN2/c1-16(2,3)15-6-4-5-11-17(15,12-19)20-14-9-7-13(18)8-10-14/h7-10,15,20H,4-6,11H2,1-3H3. The number of nitrogens with one attached hydrogen (secondary N) is 1. The first kappa shape index (κ1) is 15.4. The molecule has 0 bridgehead atoms. The summed E-state index contributed by atoms with van der Waals surface area (Å²) in [5.74, 6) is 0.373. The van der Waals surface area contributed by atoms with Crippen molar-refractivity contribution in [2.75, 3.05) is 5.32 Å². The lowest BCUT2D eigenvalue weighted by atomic mass is 9.62. The van der Waals surface area contributed by atoms with Crippen molar-refractivity contribution < 1.29 is 0 Å². The summed E-state index contributed by atoms with van der Waals surface area (Å²) in [6.07, 6.45) is 4.42. The molecule has 0 saturated heterocycles. The Hall–Kier alpha value is -1.01. The van der Waals surface area contributed by atoms with Crippen LogP contribution < -0.4 is 5.32 Å². The Morgan fingerprint density at radius 2 is 1.90 bits per heavy atom. The Bertz CT molecular complexity index is 495. The van der Waals surface area contributed by atoms with Gasteiger partial charge in [-0.2, -0.15) is 5.26 Å². The van der Waals surface area contributed by atoms with Crippen LogP contribution in [0.15, 0.2) is 28.7 Å². The fourth-order valence-corrected chi connectivity index (χ4v) is 3.71. The molecule has 0 heterocycles. The van der Waals surface area contributed by atoms with Gasteiger partial charge in [-0.15, -0.1) is 0 Å². The first-order valence-corrected chi connectivity index (χ1v) is 8.12. The fourth-order valence-electron chi connectivity index (χ4n) is 3.45. The molecule has 0 spiro atoms.